The number of hydrogen-bond acceptors (Lipinski definition) is 1. The third-order valence-electron chi connectivity index (χ3n) is 6.77. The van der Waals surface area contributed by atoms with E-state index in [1.54, 1.807) is 0 Å². The first-order valence-electron chi connectivity index (χ1n) is 12.6. The molecule has 0 saturated carbocycles. The molecular weight excluding hydrogens is 443 g/mol. The van der Waals surface area contributed by atoms with Gasteiger partial charge in [0, 0.05) is 5.56 Å². The highest BCUT2D eigenvalue weighted by Gasteiger charge is 2.20. The van der Waals surface area contributed by atoms with E-state index in [0.717, 1.165) is 59.8 Å². The van der Waals surface area contributed by atoms with Crippen molar-refractivity contribution < 1.29 is 9.13 Å². The molecule has 0 N–H and O–H groups in total. The molecule has 0 aliphatic heterocycles. The Morgan fingerprint density at radius 3 is 2.12 bits per heavy atom. The van der Waals surface area contributed by atoms with Gasteiger partial charge in [-0.1, -0.05) is 99.3 Å². The Bertz CT molecular complexity index is 1120. The molecule has 3 aromatic rings. The maximum Gasteiger partial charge on any atom is 0.150 e. The van der Waals surface area contributed by atoms with Gasteiger partial charge in [-0.3, -0.25) is 0 Å². The highest BCUT2D eigenvalue weighted by Crippen LogP contribution is 2.39. The van der Waals surface area contributed by atoms with Crippen LogP contribution in [0.3, 0.4) is 0 Å². The van der Waals surface area contributed by atoms with Crippen molar-refractivity contribution in [3.8, 4) is 28.0 Å². The number of halogens is 2. The van der Waals surface area contributed by atoms with Gasteiger partial charge in [-0.15, -0.1) is 0 Å². The van der Waals surface area contributed by atoms with Crippen molar-refractivity contribution in [2.45, 2.75) is 58.8 Å². The summed E-state index contributed by atoms with van der Waals surface area (Å²) in [6, 6.07) is 19.9. The molecule has 0 fully saturated rings. The second-order valence-electron chi connectivity index (χ2n) is 9.25. The third-order valence-corrected chi connectivity index (χ3v) is 7.14. The summed E-state index contributed by atoms with van der Waals surface area (Å²) in [7, 11) is 0. The van der Waals surface area contributed by atoms with Gasteiger partial charge in [0.25, 0.3) is 0 Å². The lowest BCUT2D eigenvalue weighted by Gasteiger charge is -2.23. The SMILES string of the molecule is CCCCC1CC=C(c2ccc(-c3ccc(-c4ccc(OCCC)cc4)cc3)c(F)c2Cl)CC1. The zero-order chi connectivity index (χ0) is 23.9. The van der Waals surface area contributed by atoms with Crippen LogP contribution >= 0.6 is 11.6 Å². The van der Waals surface area contributed by atoms with Crippen molar-refractivity contribution in [2.75, 3.05) is 6.61 Å². The van der Waals surface area contributed by atoms with Gasteiger partial charge in [0.15, 0.2) is 0 Å². The lowest BCUT2D eigenvalue weighted by atomic mass is 9.83. The fourth-order valence-electron chi connectivity index (χ4n) is 4.71. The van der Waals surface area contributed by atoms with Gasteiger partial charge >= 0.3 is 0 Å². The summed E-state index contributed by atoms with van der Waals surface area (Å²) in [4.78, 5) is 0. The van der Waals surface area contributed by atoms with Crippen LogP contribution < -0.4 is 4.74 Å². The maximum absolute atomic E-state index is 15.3. The Balaban J connectivity index is 1.49. The molecule has 178 valence electrons. The van der Waals surface area contributed by atoms with Gasteiger partial charge in [-0.25, -0.2) is 4.39 Å². The zero-order valence-electron chi connectivity index (χ0n) is 20.2. The van der Waals surface area contributed by atoms with E-state index in [9.17, 15) is 0 Å². The lowest BCUT2D eigenvalue weighted by molar-refractivity contribution is 0.317. The number of unbranched alkanes of at least 4 members (excludes halogenated alkanes) is 1. The minimum absolute atomic E-state index is 0.238. The van der Waals surface area contributed by atoms with E-state index >= 15 is 4.39 Å². The average Bonchev–Trinajstić information content (AvgIpc) is 2.89. The summed E-state index contributed by atoms with van der Waals surface area (Å²) in [6.07, 6.45) is 10.3. The third kappa shape index (κ3) is 5.73. The summed E-state index contributed by atoms with van der Waals surface area (Å²) in [5, 5.41) is 0.238. The molecule has 3 heteroatoms. The molecule has 0 radical (unpaired) electrons. The highest BCUT2D eigenvalue weighted by molar-refractivity contribution is 6.32. The van der Waals surface area contributed by atoms with Crippen LogP contribution in [0.2, 0.25) is 5.02 Å². The molecule has 3 aromatic carbocycles. The van der Waals surface area contributed by atoms with Gasteiger partial charge in [0.2, 0.25) is 0 Å². The van der Waals surface area contributed by atoms with Gasteiger partial charge in [0.05, 0.1) is 11.6 Å². The zero-order valence-corrected chi connectivity index (χ0v) is 21.0. The maximum atomic E-state index is 15.3. The van der Waals surface area contributed by atoms with Crippen LogP contribution in [0.25, 0.3) is 27.8 Å². The fraction of sp³-hybridized carbons (Fsp3) is 0.355. The predicted molar refractivity (Wildman–Crippen MR) is 143 cm³/mol. The summed E-state index contributed by atoms with van der Waals surface area (Å²) in [6.45, 7) is 5.05. The van der Waals surface area contributed by atoms with Crippen LogP contribution in [0.4, 0.5) is 4.39 Å². The minimum Gasteiger partial charge on any atom is -0.494 e. The monoisotopic (exact) mass is 476 g/mol. The lowest BCUT2D eigenvalue weighted by Crippen LogP contribution is -2.06. The van der Waals surface area contributed by atoms with Crippen molar-refractivity contribution in [1.29, 1.82) is 0 Å². The Labute approximate surface area is 208 Å². The van der Waals surface area contributed by atoms with Crippen LogP contribution in [0.1, 0.15) is 64.4 Å². The molecule has 1 aliphatic carbocycles. The van der Waals surface area contributed by atoms with E-state index in [0.29, 0.717) is 5.56 Å². The normalized spacial score (nSPS) is 15.8. The Morgan fingerprint density at radius 2 is 1.50 bits per heavy atom. The first-order chi connectivity index (χ1) is 16.6. The van der Waals surface area contributed by atoms with Crippen LogP contribution in [0, 0.1) is 11.7 Å². The molecule has 1 atom stereocenters. The molecule has 0 spiro atoms. The fourth-order valence-corrected chi connectivity index (χ4v) is 5.00. The molecule has 0 aromatic heterocycles. The molecule has 1 aliphatic rings. The van der Waals surface area contributed by atoms with Crippen molar-refractivity contribution in [3.05, 3.63) is 83.1 Å². The Kier molecular flexibility index (Phi) is 8.45. The molecule has 4 rings (SSSR count). The van der Waals surface area contributed by atoms with Crippen molar-refractivity contribution in [2.24, 2.45) is 5.92 Å². The van der Waals surface area contributed by atoms with Crippen LogP contribution in [-0.4, -0.2) is 6.61 Å². The molecule has 0 heterocycles. The van der Waals surface area contributed by atoms with E-state index < -0.39 is 0 Å². The Hall–Kier alpha value is -2.58. The molecule has 1 unspecified atom stereocenters. The van der Waals surface area contributed by atoms with Crippen molar-refractivity contribution >= 4 is 17.2 Å². The smallest absolute Gasteiger partial charge is 0.150 e. The summed E-state index contributed by atoms with van der Waals surface area (Å²) in [5.74, 6) is 1.30. The van der Waals surface area contributed by atoms with E-state index in [2.05, 4.69) is 32.1 Å². The van der Waals surface area contributed by atoms with E-state index in [-0.39, 0.29) is 10.8 Å². The first kappa shape index (κ1) is 24.5. The quantitative estimate of drug-likeness (QED) is 0.298. The number of hydrogen-bond donors (Lipinski definition) is 0. The van der Waals surface area contributed by atoms with Crippen LogP contribution in [-0.2, 0) is 0 Å². The highest BCUT2D eigenvalue weighted by atomic mass is 35.5. The first-order valence-corrected chi connectivity index (χ1v) is 13.0. The summed E-state index contributed by atoms with van der Waals surface area (Å²) >= 11 is 6.55. The second-order valence-corrected chi connectivity index (χ2v) is 9.63. The van der Waals surface area contributed by atoms with Gasteiger partial charge in [-0.05, 0) is 71.6 Å². The second kappa shape index (κ2) is 11.7. The molecular formula is C31H34ClFO. The molecule has 1 nitrogen and oxygen atoms in total. The van der Waals surface area contributed by atoms with Gasteiger partial charge in [0.1, 0.15) is 11.6 Å². The summed E-state index contributed by atoms with van der Waals surface area (Å²) < 4.78 is 21.0. The van der Waals surface area contributed by atoms with Crippen molar-refractivity contribution in [1.82, 2.24) is 0 Å². The average molecular weight is 477 g/mol. The summed E-state index contributed by atoms with van der Waals surface area (Å²) in [5.41, 5.74) is 5.59. The van der Waals surface area contributed by atoms with Crippen LogP contribution in [0.15, 0.2) is 66.7 Å². The number of rotatable bonds is 9. The standard InChI is InChI=1S/C31H34ClFO/c1-3-5-6-22-7-9-25(10-8-22)28-19-20-29(31(33)30(28)32)26-13-11-23(12-14-26)24-15-17-27(18-16-24)34-21-4-2/h9,11-20,22H,3-8,10,21H2,1-2H3. The number of allylic oxidation sites excluding steroid dienone is 2. The largest absolute Gasteiger partial charge is 0.494 e. The molecule has 0 saturated heterocycles. The van der Waals surface area contributed by atoms with Gasteiger partial charge in [-0.2, -0.15) is 0 Å². The van der Waals surface area contributed by atoms with Crippen molar-refractivity contribution in [3.63, 3.8) is 0 Å². The van der Waals surface area contributed by atoms with Crippen LogP contribution in [0.5, 0.6) is 5.75 Å². The molecule has 0 bridgehead atoms. The number of benzene rings is 3. The van der Waals surface area contributed by atoms with E-state index in [4.69, 9.17) is 16.3 Å². The van der Waals surface area contributed by atoms with E-state index in [1.165, 1.54) is 31.3 Å². The number of ether oxygens (including phenoxy) is 1. The molecule has 34 heavy (non-hydrogen) atoms. The Morgan fingerprint density at radius 1 is 0.853 bits per heavy atom. The molecule has 0 amide bonds. The minimum atomic E-state index is -0.335. The topological polar surface area (TPSA) is 9.23 Å². The van der Waals surface area contributed by atoms with Gasteiger partial charge < -0.3 is 4.74 Å². The van der Waals surface area contributed by atoms with E-state index in [1.807, 2.05) is 48.5 Å². The predicted octanol–water partition coefficient (Wildman–Crippen LogP) is 9.98.